The summed E-state index contributed by atoms with van der Waals surface area (Å²) in [5.41, 5.74) is 2.64. The van der Waals surface area contributed by atoms with Gasteiger partial charge in [0.1, 0.15) is 0 Å². The maximum atomic E-state index is 10.0. The monoisotopic (exact) mass is 245 g/mol. The van der Waals surface area contributed by atoms with Crippen LogP contribution >= 0.6 is 0 Å². The van der Waals surface area contributed by atoms with Crippen LogP contribution in [0.2, 0.25) is 0 Å². The number of hydrogen-bond donors (Lipinski definition) is 1. The lowest BCUT2D eigenvalue weighted by atomic mass is 9.96. The number of benzene rings is 1. The lowest BCUT2D eigenvalue weighted by Crippen LogP contribution is -2.36. The molecule has 1 aromatic rings. The summed E-state index contributed by atoms with van der Waals surface area (Å²) in [5, 5.41) is 10.0. The second-order valence-electron chi connectivity index (χ2n) is 6.34. The second-order valence-corrected chi connectivity index (χ2v) is 6.34. The Hall–Kier alpha value is -0.860. The molecule has 0 aromatic heterocycles. The van der Waals surface area contributed by atoms with E-state index in [1.165, 1.54) is 11.1 Å². The molecule has 98 valence electrons. The first-order chi connectivity index (χ1) is 8.58. The summed E-state index contributed by atoms with van der Waals surface area (Å²) in [6, 6.07) is 8.77. The molecule has 1 aromatic carbocycles. The number of rotatable bonds is 3. The van der Waals surface area contributed by atoms with Crippen LogP contribution in [-0.2, 0) is 6.54 Å². The van der Waals surface area contributed by atoms with Crippen molar-refractivity contribution in [2.45, 2.75) is 44.8 Å². The molecule has 2 fully saturated rings. The Bertz CT molecular complexity index is 442. The minimum atomic E-state index is -0.284. The third-order valence-corrected chi connectivity index (χ3v) is 4.61. The average molecular weight is 245 g/mol. The van der Waals surface area contributed by atoms with Gasteiger partial charge >= 0.3 is 0 Å². The fourth-order valence-corrected chi connectivity index (χ4v) is 3.29. The van der Waals surface area contributed by atoms with Gasteiger partial charge in [0.15, 0.2) is 0 Å². The van der Waals surface area contributed by atoms with E-state index in [1.54, 1.807) is 0 Å². The van der Waals surface area contributed by atoms with Gasteiger partial charge in [0.05, 0.1) is 5.60 Å². The number of hydrogen-bond acceptors (Lipinski definition) is 2. The molecule has 0 radical (unpaired) electrons. The van der Waals surface area contributed by atoms with Crippen LogP contribution in [0.3, 0.4) is 0 Å². The van der Waals surface area contributed by atoms with Crippen LogP contribution in [0.5, 0.6) is 0 Å². The van der Waals surface area contributed by atoms with Crippen molar-refractivity contribution >= 4 is 0 Å². The van der Waals surface area contributed by atoms with E-state index in [2.05, 4.69) is 43.0 Å². The lowest BCUT2D eigenvalue weighted by molar-refractivity contribution is 0.0617. The van der Waals surface area contributed by atoms with Crippen LogP contribution in [0.1, 0.15) is 43.7 Å². The fourth-order valence-electron chi connectivity index (χ4n) is 3.29. The van der Waals surface area contributed by atoms with Crippen molar-refractivity contribution in [2.75, 3.05) is 13.1 Å². The quantitative estimate of drug-likeness (QED) is 0.885. The van der Waals surface area contributed by atoms with Gasteiger partial charge in [-0.2, -0.15) is 0 Å². The highest BCUT2D eigenvalue weighted by Gasteiger charge is 2.55. The van der Waals surface area contributed by atoms with Crippen molar-refractivity contribution < 1.29 is 5.11 Å². The molecular formula is C16H23NO. The van der Waals surface area contributed by atoms with Gasteiger partial charge in [0.2, 0.25) is 0 Å². The smallest absolute Gasteiger partial charge is 0.0705 e. The van der Waals surface area contributed by atoms with Crippen molar-refractivity contribution in [3.8, 4) is 0 Å². The predicted molar refractivity (Wildman–Crippen MR) is 73.5 cm³/mol. The first-order valence-corrected chi connectivity index (χ1v) is 7.11. The summed E-state index contributed by atoms with van der Waals surface area (Å²) < 4.78 is 0. The van der Waals surface area contributed by atoms with E-state index < -0.39 is 0 Å². The molecule has 2 aliphatic rings. The van der Waals surface area contributed by atoms with Crippen molar-refractivity contribution in [2.24, 2.45) is 5.92 Å². The highest BCUT2D eigenvalue weighted by atomic mass is 16.3. The molecule has 1 N–H and O–H groups in total. The first-order valence-electron chi connectivity index (χ1n) is 7.11. The molecule has 2 nitrogen and oxygen atoms in total. The highest BCUT2D eigenvalue weighted by molar-refractivity contribution is 5.29. The number of likely N-dealkylation sites (tertiary alicyclic amines) is 1. The van der Waals surface area contributed by atoms with Crippen molar-refractivity contribution in [3.05, 3.63) is 35.4 Å². The summed E-state index contributed by atoms with van der Waals surface area (Å²) >= 11 is 0. The summed E-state index contributed by atoms with van der Waals surface area (Å²) in [5.74, 6) is 1.13. The molecule has 1 aliphatic carbocycles. The molecule has 0 unspecified atom stereocenters. The van der Waals surface area contributed by atoms with Gasteiger partial charge in [-0.3, -0.25) is 4.90 Å². The summed E-state index contributed by atoms with van der Waals surface area (Å²) in [4.78, 5) is 2.51. The van der Waals surface area contributed by atoms with E-state index >= 15 is 0 Å². The molecule has 0 spiro atoms. The third kappa shape index (κ3) is 2.19. The Labute approximate surface area is 110 Å². The zero-order valence-electron chi connectivity index (χ0n) is 11.4. The Kier molecular flexibility index (Phi) is 2.95. The molecule has 1 saturated carbocycles. The normalized spacial score (nSPS) is 31.4. The van der Waals surface area contributed by atoms with Crippen molar-refractivity contribution in [1.29, 1.82) is 0 Å². The molecule has 3 rings (SSSR count). The minimum absolute atomic E-state index is 0.284. The van der Waals surface area contributed by atoms with E-state index in [4.69, 9.17) is 0 Å². The molecule has 18 heavy (non-hydrogen) atoms. The van der Waals surface area contributed by atoms with E-state index in [-0.39, 0.29) is 5.60 Å². The van der Waals surface area contributed by atoms with Crippen LogP contribution in [0, 0.1) is 5.92 Å². The average Bonchev–Trinajstić information content (AvgIpc) is 3.00. The number of nitrogens with zero attached hydrogens (tertiary/aromatic N) is 1. The van der Waals surface area contributed by atoms with Gasteiger partial charge < -0.3 is 5.11 Å². The van der Waals surface area contributed by atoms with Gasteiger partial charge in [-0.05, 0) is 29.9 Å². The van der Waals surface area contributed by atoms with Crippen molar-refractivity contribution in [3.63, 3.8) is 0 Å². The van der Waals surface area contributed by atoms with Crippen LogP contribution in [0.15, 0.2) is 24.3 Å². The van der Waals surface area contributed by atoms with Crippen LogP contribution in [0.25, 0.3) is 0 Å². The molecule has 1 heterocycles. The maximum absolute atomic E-state index is 10.0. The van der Waals surface area contributed by atoms with Crippen molar-refractivity contribution in [1.82, 2.24) is 4.90 Å². The predicted octanol–water partition coefficient (Wildman–Crippen LogP) is 2.77. The van der Waals surface area contributed by atoms with E-state index in [9.17, 15) is 5.11 Å². The third-order valence-electron chi connectivity index (χ3n) is 4.61. The van der Waals surface area contributed by atoms with Crippen LogP contribution in [0.4, 0.5) is 0 Å². The molecule has 2 heteroatoms. The van der Waals surface area contributed by atoms with Gasteiger partial charge in [-0.25, -0.2) is 0 Å². The Balaban J connectivity index is 1.70. The lowest BCUT2D eigenvalue weighted by Gasteiger charge is -2.30. The number of piperidine rings is 1. The largest absolute Gasteiger partial charge is 0.389 e. The zero-order valence-corrected chi connectivity index (χ0v) is 11.4. The van der Waals surface area contributed by atoms with Crippen LogP contribution < -0.4 is 0 Å². The van der Waals surface area contributed by atoms with E-state index in [0.29, 0.717) is 11.8 Å². The summed E-state index contributed by atoms with van der Waals surface area (Å²) in [7, 11) is 0. The van der Waals surface area contributed by atoms with Gasteiger partial charge in [-0.15, -0.1) is 0 Å². The Morgan fingerprint density at radius 1 is 1.39 bits per heavy atom. The standard InChI is InChI=1S/C16H23NO/c1-12(2)15-6-4-3-5-13(15)10-17-8-7-16(18)9-14(16)11-17/h3-6,12,14,18H,7-11H2,1-2H3/t14-,16+/m0/s1. The van der Waals surface area contributed by atoms with Gasteiger partial charge in [0.25, 0.3) is 0 Å². The second kappa shape index (κ2) is 4.36. The van der Waals surface area contributed by atoms with Gasteiger partial charge in [0, 0.05) is 25.6 Å². The Morgan fingerprint density at radius 3 is 2.89 bits per heavy atom. The molecule has 1 saturated heterocycles. The molecule has 0 amide bonds. The first kappa shape index (κ1) is 12.2. The van der Waals surface area contributed by atoms with Crippen LogP contribution in [-0.4, -0.2) is 28.7 Å². The van der Waals surface area contributed by atoms with E-state index in [0.717, 1.165) is 32.5 Å². The maximum Gasteiger partial charge on any atom is 0.0705 e. The number of fused-ring (bicyclic) bond motifs is 1. The molecule has 0 bridgehead atoms. The zero-order chi connectivity index (χ0) is 12.8. The Morgan fingerprint density at radius 2 is 2.17 bits per heavy atom. The SMILES string of the molecule is CC(C)c1ccccc1CN1CC[C@@]2(O)C[C@H]2C1. The molecular weight excluding hydrogens is 222 g/mol. The molecule has 2 atom stereocenters. The summed E-state index contributed by atoms with van der Waals surface area (Å²) in [6.45, 7) is 7.67. The van der Waals surface area contributed by atoms with E-state index in [1.807, 2.05) is 0 Å². The topological polar surface area (TPSA) is 23.5 Å². The minimum Gasteiger partial charge on any atom is -0.389 e. The highest BCUT2D eigenvalue weighted by Crippen LogP contribution is 2.49. The molecule has 1 aliphatic heterocycles. The summed E-state index contributed by atoms with van der Waals surface area (Å²) in [6.07, 6.45) is 1.98. The fraction of sp³-hybridized carbons (Fsp3) is 0.625. The van der Waals surface area contributed by atoms with Gasteiger partial charge in [-0.1, -0.05) is 38.1 Å². The number of aliphatic hydroxyl groups is 1.